The molecule has 0 radical (unpaired) electrons. The third kappa shape index (κ3) is 4.75. The Bertz CT molecular complexity index is 1190. The van der Waals surface area contributed by atoms with Gasteiger partial charge in [-0.15, -0.1) is 11.3 Å². The van der Waals surface area contributed by atoms with Crippen molar-refractivity contribution in [3.8, 4) is 11.5 Å². The molecule has 2 amide bonds. The van der Waals surface area contributed by atoms with Crippen molar-refractivity contribution in [1.82, 2.24) is 14.9 Å². The monoisotopic (exact) mass is 456 g/mol. The molecule has 32 heavy (non-hydrogen) atoms. The normalized spacial score (nSPS) is 12.2. The lowest BCUT2D eigenvalue weighted by Crippen LogP contribution is -2.30. The zero-order chi connectivity index (χ0) is 22.5. The second-order valence-corrected chi connectivity index (χ2v) is 8.23. The fraction of sp³-hybridized carbons (Fsp3) is 0.364. The molecular formula is C22H24N4O5S. The van der Waals surface area contributed by atoms with Crippen molar-refractivity contribution in [2.24, 2.45) is 0 Å². The maximum Gasteiger partial charge on any atom is 0.256 e. The minimum Gasteiger partial charge on any atom is -0.454 e. The van der Waals surface area contributed by atoms with Gasteiger partial charge in [-0.2, -0.15) is 0 Å². The highest BCUT2D eigenvalue weighted by Crippen LogP contribution is 2.35. The number of nitrogens with one attached hydrogen (secondary N) is 2. The van der Waals surface area contributed by atoms with E-state index in [4.69, 9.17) is 9.47 Å². The third-order valence-corrected chi connectivity index (χ3v) is 5.89. The van der Waals surface area contributed by atoms with Gasteiger partial charge in [-0.1, -0.05) is 6.42 Å². The molecule has 9 nitrogen and oxygen atoms in total. The SMILES string of the molecule is CCn1cc(C(=O)NCCCCCC(=O)Nc2nccs2)c(=O)c2cc3c(cc21)OCO3. The van der Waals surface area contributed by atoms with Crippen LogP contribution >= 0.6 is 11.3 Å². The zero-order valence-corrected chi connectivity index (χ0v) is 18.5. The molecule has 3 heterocycles. The summed E-state index contributed by atoms with van der Waals surface area (Å²) < 4.78 is 12.6. The smallest absolute Gasteiger partial charge is 0.256 e. The molecule has 0 bridgehead atoms. The van der Waals surface area contributed by atoms with Gasteiger partial charge < -0.3 is 24.7 Å². The quantitative estimate of drug-likeness (QED) is 0.479. The third-order valence-electron chi connectivity index (χ3n) is 5.20. The Morgan fingerprint density at radius 1 is 1.19 bits per heavy atom. The fourth-order valence-corrected chi connectivity index (χ4v) is 4.10. The number of aromatic nitrogens is 2. The van der Waals surface area contributed by atoms with Crippen LogP contribution in [0.3, 0.4) is 0 Å². The lowest BCUT2D eigenvalue weighted by Gasteiger charge is -2.12. The fourth-order valence-electron chi connectivity index (χ4n) is 3.55. The summed E-state index contributed by atoms with van der Waals surface area (Å²) in [4.78, 5) is 41.5. The first kappa shape index (κ1) is 21.8. The second-order valence-electron chi connectivity index (χ2n) is 7.33. The molecule has 2 N–H and O–H groups in total. The van der Waals surface area contributed by atoms with Crippen LogP contribution in [0.25, 0.3) is 10.9 Å². The predicted molar refractivity (Wildman–Crippen MR) is 122 cm³/mol. The average molecular weight is 457 g/mol. The summed E-state index contributed by atoms with van der Waals surface area (Å²) in [6.07, 6.45) is 5.83. The first-order valence-corrected chi connectivity index (χ1v) is 11.4. The molecule has 1 aliphatic rings. The summed E-state index contributed by atoms with van der Waals surface area (Å²) in [7, 11) is 0. The molecule has 4 rings (SSSR count). The van der Waals surface area contributed by atoms with Gasteiger partial charge in [-0.05, 0) is 25.8 Å². The van der Waals surface area contributed by atoms with Crippen molar-refractivity contribution in [2.45, 2.75) is 39.2 Å². The van der Waals surface area contributed by atoms with Gasteiger partial charge in [0.1, 0.15) is 5.56 Å². The van der Waals surface area contributed by atoms with Gasteiger partial charge in [0.15, 0.2) is 16.6 Å². The molecule has 2 aromatic heterocycles. The number of rotatable bonds is 9. The topological polar surface area (TPSA) is 112 Å². The van der Waals surface area contributed by atoms with Crippen molar-refractivity contribution in [2.75, 3.05) is 18.7 Å². The Balaban J connectivity index is 1.32. The van der Waals surface area contributed by atoms with Crippen LogP contribution in [0.1, 0.15) is 43.0 Å². The molecule has 168 valence electrons. The summed E-state index contributed by atoms with van der Waals surface area (Å²) in [5, 5.41) is 8.39. The first-order valence-electron chi connectivity index (χ1n) is 10.5. The predicted octanol–water partition coefficient (Wildman–Crippen LogP) is 3.14. The van der Waals surface area contributed by atoms with Crippen molar-refractivity contribution >= 4 is 39.2 Å². The van der Waals surface area contributed by atoms with Crippen LogP contribution in [0.2, 0.25) is 0 Å². The number of amides is 2. The molecule has 0 aliphatic carbocycles. The van der Waals surface area contributed by atoms with Crippen molar-refractivity contribution in [1.29, 1.82) is 0 Å². The number of fused-ring (bicyclic) bond motifs is 2. The maximum absolute atomic E-state index is 13.0. The van der Waals surface area contributed by atoms with Gasteiger partial charge in [0.2, 0.25) is 18.1 Å². The van der Waals surface area contributed by atoms with E-state index in [-0.39, 0.29) is 23.7 Å². The van der Waals surface area contributed by atoms with E-state index < -0.39 is 5.91 Å². The summed E-state index contributed by atoms with van der Waals surface area (Å²) in [5.41, 5.74) is 0.467. The minimum absolute atomic E-state index is 0.0684. The molecule has 0 unspecified atom stereocenters. The second kappa shape index (κ2) is 9.82. The van der Waals surface area contributed by atoms with Crippen LogP contribution in [0.4, 0.5) is 5.13 Å². The largest absolute Gasteiger partial charge is 0.454 e. The Morgan fingerprint density at radius 3 is 2.75 bits per heavy atom. The van der Waals surface area contributed by atoms with E-state index in [1.807, 2.05) is 11.5 Å². The molecule has 0 atom stereocenters. The van der Waals surface area contributed by atoms with Crippen LogP contribution in [-0.2, 0) is 11.3 Å². The lowest BCUT2D eigenvalue weighted by molar-refractivity contribution is -0.116. The van der Waals surface area contributed by atoms with Crippen LogP contribution in [0.15, 0.2) is 34.7 Å². The van der Waals surface area contributed by atoms with Crippen LogP contribution in [0.5, 0.6) is 11.5 Å². The molecule has 0 fully saturated rings. The van der Waals surface area contributed by atoms with E-state index in [9.17, 15) is 14.4 Å². The van der Waals surface area contributed by atoms with Gasteiger partial charge in [0, 0.05) is 43.4 Å². The number of thiazole rings is 1. The van der Waals surface area contributed by atoms with Gasteiger partial charge >= 0.3 is 0 Å². The average Bonchev–Trinajstić information content (AvgIpc) is 3.46. The number of unbranched alkanes of at least 4 members (excludes halogenated alkanes) is 2. The summed E-state index contributed by atoms with van der Waals surface area (Å²) in [6, 6.07) is 3.41. The van der Waals surface area contributed by atoms with Crippen molar-refractivity contribution < 1.29 is 19.1 Å². The van der Waals surface area contributed by atoms with E-state index in [1.165, 1.54) is 11.3 Å². The molecule has 1 aromatic carbocycles. The number of benzene rings is 1. The molecule has 0 saturated heterocycles. The van der Waals surface area contributed by atoms with Gasteiger partial charge in [0.25, 0.3) is 5.91 Å². The highest BCUT2D eigenvalue weighted by atomic mass is 32.1. The van der Waals surface area contributed by atoms with E-state index in [2.05, 4.69) is 15.6 Å². The van der Waals surface area contributed by atoms with E-state index in [0.29, 0.717) is 59.9 Å². The highest BCUT2D eigenvalue weighted by molar-refractivity contribution is 7.13. The molecule has 0 saturated carbocycles. The van der Waals surface area contributed by atoms with Gasteiger partial charge in [0.05, 0.1) is 10.9 Å². The minimum atomic E-state index is -0.404. The number of pyridine rings is 1. The Labute approximate surface area is 188 Å². The van der Waals surface area contributed by atoms with Crippen molar-refractivity contribution in [3.63, 3.8) is 0 Å². The highest BCUT2D eigenvalue weighted by Gasteiger charge is 2.20. The van der Waals surface area contributed by atoms with Crippen LogP contribution < -0.4 is 25.5 Å². The number of carbonyl (C=O) groups excluding carboxylic acids is 2. The zero-order valence-electron chi connectivity index (χ0n) is 17.7. The number of carbonyl (C=O) groups is 2. The van der Waals surface area contributed by atoms with E-state index in [0.717, 1.165) is 6.42 Å². The number of aryl methyl sites for hydroxylation is 1. The molecular weight excluding hydrogens is 432 g/mol. The Morgan fingerprint density at radius 2 is 2.00 bits per heavy atom. The first-order chi connectivity index (χ1) is 15.6. The summed E-state index contributed by atoms with van der Waals surface area (Å²) in [5.74, 6) is 0.629. The van der Waals surface area contributed by atoms with Crippen LogP contribution in [-0.4, -0.2) is 34.7 Å². The van der Waals surface area contributed by atoms with Gasteiger partial charge in [-0.3, -0.25) is 14.4 Å². The maximum atomic E-state index is 13.0. The number of ether oxygens (including phenoxy) is 2. The standard InChI is InChI=1S/C22H24N4O5S/c1-2-26-12-15(20(28)14-10-17-18(11-16(14)26)31-13-30-17)21(29)23-7-5-3-4-6-19(27)25-22-24-8-9-32-22/h8-12H,2-7,13H2,1H3,(H,23,29)(H,24,25,27). The molecule has 1 aliphatic heterocycles. The lowest BCUT2D eigenvalue weighted by atomic mass is 10.1. The van der Waals surface area contributed by atoms with Gasteiger partial charge in [-0.25, -0.2) is 4.98 Å². The number of hydrogen-bond donors (Lipinski definition) is 2. The van der Waals surface area contributed by atoms with E-state index >= 15 is 0 Å². The molecule has 3 aromatic rings. The number of anilines is 1. The molecule has 0 spiro atoms. The Hall–Kier alpha value is -3.40. The summed E-state index contributed by atoms with van der Waals surface area (Å²) in [6.45, 7) is 3.09. The number of hydrogen-bond acceptors (Lipinski definition) is 7. The van der Waals surface area contributed by atoms with E-state index in [1.54, 1.807) is 29.9 Å². The summed E-state index contributed by atoms with van der Waals surface area (Å²) >= 11 is 1.38. The Kier molecular flexibility index (Phi) is 6.69. The van der Waals surface area contributed by atoms with Crippen LogP contribution in [0, 0.1) is 0 Å². The van der Waals surface area contributed by atoms with Crippen molar-refractivity contribution in [3.05, 3.63) is 45.7 Å². The molecule has 10 heteroatoms. The number of nitrogens with zero attached hydrogens (tertiary/aromatic N) is 2.